The zero-order valence-electron chi connectivity index (χ0n) is 12.0. The van der Waals surface area contributed by atoms with Gasteiger partial charge in [0, 0.05) is 31.0 Å². The van der Waals surface area contributed by atoms with Gasteiger partial charge in [-0.3, -0.25) is 14.7 Å². The quantitative estimate of drug-likeness (QED) is 0.902. The number of aromatic nitrogens is 1. The monoisotopic (exact) mass is 261 g/mol. The lowest BCUT2D eigenvalue weighted by Gasteiger charge is -2.23. The molecule has 0 aliphatic carbocycles. The minimum Gasteiger partial charge on any atom is -0.351 e. The van der Waals surface area contributed by atoms with Crippen LogP contribution < -0.4 is 5.32 Å². The van der Waals surface area contributed by atoms with Crippen LogP contribution in [0.25, 0.3) is 0 Å². The Bertz CT molecular complexity index is 425. The first-order chi connectivity index (χ1) is 8.94. The fourth-order valence-electron chi connectivity index (χ4n) is 2.41. The lowest BCUT2D eigenvalue weighted by atomic mass is 10.0. The summed E-state index contributed by atoms with van der Waals surface area (Å²) in [4.78, 5) is 18.6. The van der Waals surface area contributed by atoms with Crippen molar-refractivity contribution in [1.82, 2.24) is 15.2 Å². The van der Waals surface area contributed by atoms with Crippen LogP contribution in [0.2, 0.25) is 0 Å². The highest BCUT2D eigenvalue weighted by molar-refractivity contribution is 5.79. The molecule has 0 radical (unpaired) electrons. The second-order valence-corrected chi connectivity index (χ2v) is 6.32. The van der Waals surface area contributed by atoms with Gasteiger partial charge in [0.1, 0.15) is 0 Å². The van der Waals surface area contributed by atoms with E-state index in [0.717, 1.165) is 26.1 Å². The molecule has 2 rings (SSSR count). The number of rotatable bonds is 3. The van der Waals surface area contributed by atoms with Gasteiger partial charge in [-0.2, -0.15) is 0 Å². The summed E-state index contributed by atoms with van der Waals surface area (Å²) in [5.74, 6) is 0.303. The first-order valence-corrected chi connectivity index (χ1v) is 6.87. The van der Waals surface area contributed by atoms with Gasteiger partial charge in [0.15, 0.2) is 0 Å². The Labute approximate surface area is 115 Å². The van der Waals surface area contributed by atoms with Gasteiger partial charge in [0.25, 0.3) is 0 Å². The van der Waals surface area contributed by atoms with Crippen molar-refractivity contribution in [3.05, 3.63) is 30.1 Å². The lowest BCUT2D eigenvalue weighted by molar-refractivity contribution is -0.126. The van der Waals surface area contributed by atoms with Crippen molar-refractivity contribution in [1.29, 1.82) is 0 Å². The predicted octanol–water partition coefficient (Wildman–Crippen LogP) is 1.82. The standard InChI is InChI=1S/C15H23N3O/c1-15(2,3)17-14(19)13-6-8-18(11-13)10-12-5-4-7-16-9-12/h4-5,7,9,13H,6,8,10-11H2,1-3H3,(H,17,19). The zero-order chi connectivity index (χ0) is 13.9. The molecule has 104 valence electrons. The van der Waals surface area contributed by atoms with Gasteiger partial charge < -0.3 is 5.32 Å². The number of amides is 1. The summed E-state index contributed by atoms with van der Waals surface area (Å²) < 4.78 is 0. The number of carbonyl (C=O) groups is 1. The molecule has 1 unspecified atom stereocenters. The van der Waals surface area contributed by atoms with Crippen molar-refractivity contribution >= 4 is 5.91 Å². The van der Waals surface area contributed by atoms with E-state index in [1.165, 1.54) is 5.56 Å². The van der Waals surface area contributed by atoms with E-state index in [2.05, 4.69) is 21.3 Å². The number of nitrogens with zero attached hydrogens (tertiary/aromatic N) is 2. The average molecular weight is 261 g/mol. The molecule has 1 aliphatic rings. The molecule has 0 aromatic carbocycles. The highest BCUT2D eigenvalue weighted by Gasteiger charge is 2.29. The fraction of sp³-hybridized carbons (Fsp3) is 0.600. The van der Waals surface area contributed by atoms with Crippen LogP contribution in [0, 0.1) is 5.92 Å². The molecule has 1 fully saturated rings. The molecule has 1 N–H and O–H groups in total. The van der Waals surface area contributed by atoms with Crippen molar-refractivity contribution in [3.63, 3.8) is 0 Å². The molecule has 1 amide bonds. The van der Waals surface area contributed by atoms with Crippen LogP contribution in [0.3, 0.4) is 0 Å². The van der Waals surface area contributed by atoms with Crippen LogP contribution in [0.5, 0.6) is 0 Å². The van der Waals surface area contributed by atoms with Gasteiger partial charge in [0.2, 0.25) is 5.91 Å². The van der Waals surface area contributed by atoms with Gasteiger partial charge in [-0.15, -0.1) is 0 Å². The second kappa shape index (κ2) is 5.70. The minimum atomic E-state index is -0.145. The smallest absolute Gasteiger partial charge is 0.224 e. The van der Waals surface area contributed by atoms with Gasteiger partial charge in [-0.05, 0) is 45.4 Å². The molecule has 19 heavy (non-hydrogen) atoms. The number of likely N-dealkylation sites (tertiary alicyclic amines) is 1. The van der Waals surface area contributed by atoms with E-state index >= 15 is 0 Å². The van der Waals surface area contributed by atoms with Crippen LogP contribution in [0.4, 0.5) is 0 Å². The van der Waals surface area contributed by atoms with Crippen molar-refractivity contribution in [3.8, 4) is 0 Å². The first-order valence-electron chi connectivity index (χ1n) is 6.87. The van der Waals surface area contributed by atoms with Gasteiger partial charge in [-0.1, -0.05) is 6.07 Å². The molecule has 0 saturated carbocycles. The molecule has 2 heterocycles. The van der Waals surface area contributed by atoms with E-state index in [0.29, 0.717) is 0 Å². The Morgan fingerprint density at radius 1 is 1.53 bits per heavy atom. The molecule has 4 heteroatoms. The number of nitrogens with one attached hydrogen (secondary N) is 1. The Morgan fingerprint density at radius 3 is 2.95 bits per heavy atom. The Kier molecular flexibility index (Phi) is 4.20. The van der Waals surface area contributed by atoms with Crippen LogP contribution in [-0.4, -0.2) is 34.4 Å². The molecular weight excluding hydrogens is 238 g/mol. The van der Waals surface area contributed by atoms with Crippen LogP contribution in [0.15, 0.2) is 24.5 Å². The highest BCUT2D eigenvalue weighted by Crippen LogP contribution is 2.19. The van der Waals surface area contributed by atoms with Crippen molar-refractivity contribution in [2.45, 2.75) is 39.3 Å². The summed E-state index contributed by atoms with van der Waals surface area (Å²) in [6.45, 7) is 8.77. The maximum absolute atomic E-state index is 12.1. The largest absolute Gasteiger partial charge is 0.351 e. The van der Waals surface area contributed by atoms with Gasteiger partial charge >= 0.3 is 0 Å². The normalized spacial score (nSPS) is 20.5. The number of pyridine rings is 1. The number of hydrogen-bond donors (Lipinski definition) is 1. The lowest BCUT2D eigenvalue weighted by Crippen LogP contribution is -2.44. The number of hydrogen-bond acceptors (Lipinski definition) is 3. The summed E-state index contributed by atoms with van der Waals surface area (Å²) in [7, 11) is 0. The van der Waals surface area contributed by atoms with E-state index in [-0.39, 0.29) is 17.4 Å². The van der Waals surface area contributed by atoms with E-state index in [9.17, 15) is 4.79 Å². The maximum Gasteiger partial charge on any atom is 0.224 e. The Balaban J connectivity index is 1.85. The van der Waals surface area contributed by atoms with Crippen molar-refractivity contribution in [2.24, 2.45) is 5.92 Å². The van der Waals surface area contributed by atoms with Crippen molar-refractivity contribution in [2.75, 3.05) is 13.1 Å². The van der Waals surface area contributed by atoms with E-state index in [4.69, 9.17) is 0 Å². The molecule has 0 bridgehead atoms. The van der Waals surface area contributed by atoms with Crippen LogP contribution >= 0.6 is 0 Å². The minimum absolute atomic E-state index is 0.121. The van der Waals surface area contributed by atoms with E-state index in [1.807, 2.05) is 33.0 Å². The van der Waals surface area contributed by atoms with Crippen LogP contribution in [-0.2, 0) is 11.3 Å². The SMILES string of the molecule is CC(C)(C)NC(=O)C1CCN(Cc2cccnc2)C1. The summed E-state index contributed by atoms with van der Waals surface area (Å²) in [5.41, 5.74) is 1.06. The molecule has 1 aromatic rings. The predicted molar refractivity (Wildman–Crippen MR) is 75.5 cm³/mol. The number of carbonyl (C=O) groups excluding carboxylic acids is 1. The Morgan fingerprint density at radius 2 is 2.32 bits per heavy atom. The molecule has 0 spiro atoms. The molecule has 1 aromatic heterocycles. The maximum atomic E-state index is 12.1. The highest BCUT2D eigenvalue weighted by atomic mass is 16.2. The first kappa shape index (κ1) is 14.0. The van der Waals surface area contributed by atoms with Gasteiger partial charge in [0.05, 0.1) is 5.92 Å². The van der Waals surface area contributed by atoms with Crippen molar-refractivity contribution < 1.29 is 4.79 Å². The third-order valence-corrected chi connectivity index (χ3v) is 3.27. The summed E-state index contributed by atoms with van der Waals surface area (Å²) >= 11 is 0. The Hall–Kier alpha value is -1.42. The van der Waals surface area contributed by atoms with E-state index < -0.39 is 0 Å². The summed E-state index contributed by atoms with van der Waals surface area (Å²) in [6, 6.07) is 4.03. The van der Waals surface area contributed by atoms with Gasteiger partial charge in [-0.25, -0.2) is 0 Å². The summed E-state index contributed by atoms with van der Waals surface area (Å²) in [5, 5.41) is 3.07. The molecular formula is C15H23N3O. The third kappa shape index (κ3) is 4.31. The van der Waals surface area contributed by atoms with Crippen LogP contribution in [0.1, 0.15) is 32.8 Å². The summed E-state index contributed by atoms with van der Waals surface area (Å²) in [6.07, 6.45) is 4.62. The second-order valence-electron chi connectivity index (χ2n) is 6.32. The average Bonchev–Trinajstić information content (AvgIpc) is 2.77. The third-order valence-electron chi connectivity index (χ3n) is 3.27. The topological polar surface area (TPSA) is 45.2 Å². The molecule has 1 aliphatic heterocycles. The fourth-order valence-corrected chi connectivity index (χ4v) is 2.41. The molecule has 1 atom stereocenters. The van der Waals surface area contributed by atoms with E-state index in [1.54, 1.807) is 6.20 Å². The zero-order valence-corrected chi connectivity index (χ0v) is 12.0. The molecule has 1 saturated heterocycles. The molecule has 4 nitrogen and oxygen atoms in total.